The van der Waals surface area contributed by atoms with Gasteiger partial charge in [0.25, 0.3) is 5.91 Å². The standard InChI is InChI=1S/C42H41N3O3P/c46-42(45-28-32-48-33-29-45)39(43-41(35-18-8-2-9-19-35)44-26-30-47-31-27-44)40(34-16-6-1-7-17-34)49(36-20-10-3-11-21-36,37-22-12-4-13-23-37)38-24-14-5-15-25-38/h1-25H,26-33H2/q+1. The number of benzene rings is 5. The van der Waals surface area contributed by atoms with E-state index >= 15 is 4.79 Å². The number of morpholine rings is 2. The highest BCUT2D eigenvalue weighted by molar-refractivity contribution is 8.03. The highest BCUT2D eigenvalue weighted by Gasteiger charge is 2.53. The van der Waals surface area contributed by atoms with E-state index in [1.165, 1.54) is 0 Å². The first-order chi connectivity index (χ1) is 24.3. The van der Waals surface area contributed by atoms with E-state index in [0.717, 1.165) is 38.2 Å². The van der Waals surface area contributed by atoms with Gasteiger partial charge in [-0.3, -0.25) is 4.79 Å². The van der Waals surface area contributed by atoms with Crippen molar-refractivity contribution in [1.29, 1.82) is 0 Å². The summed E-state index contributed by atoms with van der Waals surface area (Å²) in [5.41, 5.74) is 2.40. The molecule has 0 radical (unpaired) electrons. The zero-order chi connectivity index (χ0) is 33.3. The third-order valence-electron chi connectivity index (χ3n) is 9.10. The minimum atomic E-state index is -2.78. The maximum atomic E-state index is 15.4. The van der Waals surface area contributed by atoms with Crippen LogP contribution < -0.4 is 15.9 Å². The van der Waals surface area contributed by atoms with Crippen LogP contribution in [0, 0.1) is 0 Å². The molecule has 2 saturated heterocycles. The molecule has 1 amide bonds. The van der Waals surface area contributed by atoms with Crippen molar-refractivity contribution in [3.63, 3.8) is 0 Å². The van der Waals surface area contributed by atoms with Crippen molar-refractivity contribution in [2.75, 3.05) is 52.6 Å². The third kappa shape index (κ3) is 6.86. The number of amides is 1. The normalized spacial score (nSPS) is 16.2. The molecule has 0 atom stereocenters. The van der Waals surface area contributed by atoms with Crippen LogP contribution in [0.2, 0.25) is 0 Å². The molecule has 2 heterocycles. The Balaban J connectivity index is 1.66. The summed E-state index contributed by atoms with van der Waals surface area (Å²) in [5, 5.41) is 4.40. The number of amidine groups is 1. The van der Waals surface area contributed by atoms with E-state index in [4.69, 9.17) is 14.5 Å². The molecule has 7 heteroatoms. The number of aliphatic imine (C=N–C) groups is 1. The number of carbonyl (C=O) groups is 1. The number of ether oxygens (including phenoxy) is 2. The van der Waals surface area contributed by atoms with Gasteiger partial charge in [-0.25, -0.2) is 4.99 Å². The SMILES string of the molecule is O=C(C(N=C(c1ccccc1)N1CCOCC1)=C(c1ccccc1)[P+](c1ccccc1)(c1ccccc1)c1ccccc1)N1CCOCC1. The lowest BCUT2D eigenvalue weighted by Gasteiger charge is -2.34. The van der Waals surface area contributed by atoms with Gasteiger partial charge in [-0.2, -0.15) is 0 Å². The molecule has 49 heavy (non-hydrogen) atoms. The summed E-state index contributed by atoms with van der Waals surface area (Å²) in [6.45, 7) is 4.57. The predicted molar refractivity (Wildman–Crippen MR) is 201 cm³/mol. The quantitative estimate of drug-likeness (QED) is 0.0885. The monoisotopic (exact) mass is 666 g/mol. The van der Waals surface area contributed by atoms with Gasteiger partial charge in [0.05, 0.1) is 26.4 Å². The molecule has 2 fully saturated rings. The fraction of sp³-hybridized carbons (Fsp3) is 0.190. The first kappa shape index (κ1) is 32.7. The fourth-order valence-electron chi connectivity index (χ4n) is 6.78. The molecule has 0 spiro atoms. The summed E-state index contributed by atoms with van der Waals surface area (Å²) >= 11 is 0. The molecule has 5 aromatic carbocycles. The molecule has 0 aromatic heterocycles. The number of nitrogens with zero attached hydrogens (tertiary/aromatic N) is 3. The van der Waals surface area contributed by atoms with Crippen molar-refractivity contribution in [1.82, 2.24) is 9.80 Å². The van der Waals surface area contributed by atoms with Gasteiger partial charge in [-0.05, 0) is 36.4 Å². The molecule has 7 rings (SSSR count). The predicted octanol–water partition coefficient (Wildman–Crippen LogP) is 5.99. The molecule has 0 unspecified atom stereocenters. The summed E-state index contributed by atoms with van der Waals surface area (Å²) in [6, 6.07) is 52.8. The Hall–Kier alpha value is -4.87. The van der Waals surface area contributed by atoms with E-state index in [0.29, 0.717) is 58.3 Å². The molecule has 0 saturated carbocycles. The zero-order valence-electron chi connectivity index (χ0n) is 27.6. The molecule has 5 aromatic rings. The van der Waals surface area contributed by atoms with E-state index in [9.17, 15) is 0 Å². The second kappa shape index (κ2) is 15.6. The van der Waals surface area contributed by atoms with Crippen LogP contribution in [0.15, 0.2) is 162 Å². The number of hydrogen-bond donors (Lipinski definition) is 0. The average Bonchev–Trinajstić information content (AvgIpc) is 3.20. The van der Waals surface area contributed by atoms with Crippen molar-refractivity contribution in [2.45, 2.75) is 0 Å². The van der Waals surface area contributed by atoms with Crippen LogP contribution in [0.3, 0.4) is 0 Å². The molecular formula is C42H41N3O3P+. The minimum absolute atomic E-state index is 0.0870. The van der Waals surface area contributed by atoms with Crippen molar-refractivity contribution in [3.8, 4) is 0 Å². The fourth-order valence-corrected chi connectivity index (χ4v) is 11.3. The third-order valence-corrected chi connectivity index (χ3v) is 13.5. The summed E-state index contributed by atoms with van der Waals surface area (Å²) < 4.78 is 11.5. The Labute approximate surface area is 289 Å². The lowest BCUT2D eigenvalue weighted by atomic mass is 10.1. The van der Waals surface area contributed by atoms with Crippen LogP contribution in [-0.2, 0) is 14.3 Å². The van der Waals surface area contributed by atoms with Crippen molar-refractivity contribution in [2.24, 2.45) is 4.99 Å². The second-order valence-electron chi connectivity index (χ2n) is 12.0. The van der Waals surface area contributed by atoms with E-state index in [-0.39, 0.29) is 5.91 Å². The van der Waals surface area contributed by atoms with Crippen LogP contribution in [0.1, 0.15) is 11.1 Å². The van der Waals surface area contributed by atoms with Gasteiger partial charge in [0, 0.05) is 37.3 Å². The van der Waals surface area contributed by atoms with Gasteiger partial charge in [-0.15, -0.1) is 0 Å². The number of carbonyl (C=O) groups excluding carboxylic acids is 1. The largest absolute Gasteiger partial charge is 0.378 e. The van der Waals surface area contributed by atoms with Crippen molar-refractivity contribution >= 4 is 40.2 Å². The van der Waals surface area contributed by atoms with Crippen LogP contribution in [-0.4, -0.2) is 74.1 Å². The van der Waals surface area contributed by atoms with Crippen LogP contribution in [0.25, 0.3) is 5.31 Å². The molecular weight excluding hydrogens is 625 g/mol. The van der Waals surface area contributed by atoms with E-state index in [1.807, 2.05) is 29.2 Å². The maximum absolute atomic E-state index is 15.4. The molecule has 2 aliphatic heterocycles. The van der Waals surface area contributed by atoms with Gasteiger partial charge < -0.3 is 19.3 Å². The zero-order valence-corrected chi connectivity index (χ0v) is 28.5. The van der Waals surface area contributed by atoms with E-state index in [1.54, 1.807) is 0 Å². The Morgan fingerprint density at radius 2 is 0.857 bits per heavy atom. The molecule has 0 aliphatic carbocycles. The van der Waals surface area contributed by atoms with Crippen LogP contribution in [0.5, 0.6) is 0 Å². The second-order valence-corrected chi connectivity index (χ2v) is 15.4. The maximum Gasteiger partial charge on any atom is 0.276 e. The van der Waals surface area contributed by atoms with Gasteiger partial charge in [0.15, 0.2) is 5.70 Å². The van der Waals surface area contributed by atoms with E-state index < -0.39 is 7.26 Å². The highest BCUT2D eigenvalue weighted by atomic mass is 31.2. The lowest BCUT2D eigenvalue weighted by Crippen LogP contribution is -2.44. The van der Waals surface area contributed by atoms with Gasteiger partial charge in [0.1, 0.15) is 34.3 Å². The Morgan fingerprint density at radius 3 is 1.29 bits per heavy atom. The smallest absolute Gasteiger partial charge is 0.276 e. The van der Waals surface area contributed by atoms with Crippen molar-refractivity contribution < 1.29 is 14.3 Å². The van der Waals surface area contributed by atoms with Crippen LogP contribution >= 0.6 is 7.26 Å². The summed E-state index contributed by atoms with van der Waals surface area (Å²) in [7, 11) is -2.78. The van der Waals surface area contributed by atoms with E-state index in [2.05, 4.69) is 132 Å². The number of hydrogen-bond acceptors (Lipinski definition) is 4. The Bertz CT molecular complexity index is 1780. The van der Waals surface area contributed by atoms with Gasteiger partial charge in [0.2, 0.25) is 0 Å². The minimum Gasteiger partial charge on any atom is -0.378 e. The summed E-state index contributed by atoms with van der Waals surface area (Å²) in [6.07, 6.45) is 0. The van der Waals surface area contributed by atoms with Crippen molar-refractivity contribution in [3.05, 3.63) is 168 Å². The average molecular weight is 667 g/mol. The lowest BCUT2D eigenvalue weighted by molar-refractivity contribution is -0.131. The first-order valence-electron chi connectivity index (χ1n) is 17.0. The molecule has 0 bridgehead atoms. The summed E-state index contributed by atoms with van der Waals surface area (Å²) in [5.74, 6) is 0.692. The topological polar surface area (TPSA) is 54.4 Å². The molecule has 6 nitrogen and oxygen atoms in total. The highest BCUT2D eigenvalue weighted by Crippen LogP contribution is 2.67. The molecule has 2 aliphatic rings. The summed E-state index contributed by atoms with van der Waals surface area (Å²) in [4.78, 5) is 25.2. The first-order valence-corrected chi connectivity index (χ1v) is 18.8. The Kier molecular flexibility index (Phi) is 10.4. The molecule has 0 N–H and O–H groups in total. The molecule has 246 valence electrons. The number of rotatable bonds is 8. The van der Waals surface area contributed by atoms with Gasteiger partial charge >= 0.3 is 0 Å². The Morgan fingerprint density at radius 1 is 0.490 bits per heavy atom. The van der Waals surface area contributed by atoms with Crippen LogP contribution in [0.4, 0.5) is 0 Å². The van der Waals surface area contributed by atoms with Gasteiger partial charge in [-0.1, -0.05) is 115 Å².